The van der Waals surface area contributed by atoms with Gasteiger partial charge in [-0.25, -0.2) is 9.59 Å². The number of rotatable bonds is 7. The fourth-order valence-corrected chi connectivity index (χ4v) is 2.47. The van der Waals surface area contributed by atoms with Crippen LogP contribution in [0.2, 0.25) is 0 Å². The lowest BCUT2D eigenvalue weighted by Crippen LogP contribution is -2.43. The average Bonchev–Trinajstić information content (AvgIpc) is 2.92. The molecule has 0 bridgehead atoms. The van der Waals surface area contributed by atoms with Crippen molar-refractivity contribution in [1.29, 1.82) is 0 Å². The number of carbonyl (C=O) groups is 3. The number of amides is 1. The zero-order chi connectivity index (χ0) is 17.5. The summed E-state index contributed by atoms with van der Waals surface area (Å²) in [6.45, 7) is 5.08. The van der Waals surface area contributed by atoms with Gasteiger partial charge in [-0.05, 0) is 52.0 Å². The number of carboxylic acids is 1. The van der Waals surface area contributed by atoms with Crippen LogP contribution in [0.15, 0.2) is 12.2 Å². The highest BCUT2D eigenvalue weighted by Crippen LogP contribution is 2.25. The van der Waals surface area contributed by atoms with Gasteiger partial charge in [-0.1, -0.05) is 18.9 Å². The van der Waals surface area contributed by atoms with Crippen molar-refractivity contribution in [3.63, 3.8) is 0 Å². The van der Waals surface area contributed by atoms with E-state index in [-0.39, 0.29) is 18.6 Å². The standard InChI is InChI=1S/C17H27NO5/c1-17(2,3)23-16(22)18-14(15(20)21)11-10-13(19)9-8-12-6-4-5-7-12/h8-9,12,14H,4-7,10-11H2,1-3H3,(H,18,22)(H,20,21)/t14-/m0/s1. The summed E-state index contributed by atoms with van der Waals surface area (Å²) >= 11 is 0. The number of aliphatic carboxylic acids is 1. The van der Waals surface area contributed by atoms with Gasteiger partial charge in [0.05, 0.1) is 0 Å². The zero-order valence-corrected chi connectivity index (χ0v) is 14.1. The van der Waals surface area contributed by atoms with E-state index in [0.717, 1.165) is 12.8 Å². The van der Waals surface area contributed by atoms with Crippen LogP contribution in [0.1, 0.15) is 59.3 Å². The molecule has 0 aromatic carbocycles. The highest BCUT2D eigenvalue weighted by Gasteiger charge is 2.24. The molecule has 130 valence electrons. The van der Waals surface area contributed by atoms with Crippen LogP contribution in [0, 0.1) is 5.92 Å². The third-order valence-corrected chi connectivity index (χ3v) is 3.62. The van der Waals surface area contributed by atoms with Crippen LogP contribution >= 0.6 is 0 Å². The van der Waals surface area contributed by atoms with Crippen molar-refractivity contribution >= 4 is 17.8 Å². The first-order valence-corrected chi connectivity index (χ1v) is 8.11. The molecular weight excluding hydrogens is 298 g/mol. The topological polar surface area (TPSA) is 92.7 Å². The van der Waals surface area contributed by atoms with Crippen molar-refractivity contribution < 1.29 is 24.2 Å². The van der Waals surface area contributed by atoms with Crippen molar-refractivity contribution in [1.82, 2.24) is 5.32 Å². The van der Waals surface area contributed by atoms with Gasteiger partial charge in [-0.15, -0.1) is 0 Å². The number of hydrogen-bond donors (Lipinski definition) is 2. The van der Waals surface area contributed by atoms with Gasteiger partial charge >= 0.3 is 12.1 Å². The molecule has 0 radical (unpaired) electrons. The summed E-state index contributed by atoms with van der Waals surface area (Å²) in [5, 5.41) is 11.4. The molecule has 2 N–H and O–H groups in total. The highest BCUT2D eigenvalue weighted by atomic mass is 16.6. The molecule has 1 amide bonds. The van der Waals surface area contributed by atoms with Crippen molar-refractivity contribution in [2.45, 2.75) is 70.9 Å². The first kappa shape index (κ1) is 19.2. The predicted molar refractivity (Wildman–Crippen MR) is 86.1 cm³/mol. The molecule has 1 aliphatic carbocycles. The summed E-state index contributed by atoms with van der Waals surface area (Å²) in [5.74, 6) is -0.827. The summed E-state index contributed by atoms with van der Waals surface area (Å²) in [7, 11) is 0. The van der Waals surface area contributed by atoms with Gasteiger partial charge in [0, 0.05) is 6.42 Å². The van der Waals surface area contributed by atoms with Crippen LogP contribution in [0.5, 0.6) is 0 Å². The SMILES string of the molecule is CC(C)(C)OC(=O)N[C@@H](CCC(=O)C=CC1CCCC1)C(=O)O. The fraction of sp³-hybridized carbons (Fsp3) is 0.706. The molecule has 0 unspecified atom stereocenters. The van der Waals surface area contributed by atoms with Gasteiger partial charge in [-0.2, -0.15) is 0 Å². The first-order valence-electron chi connectivity index (χ1n) is 8.11. The molecule has 23 heavy (non-hydrogen) atoms. The third kappa shape index (κ3) is 8.38. The Morgan fingerprint density at radius 1 is 1.26 bits per heavy atom. The Morgan fingerprint density at radius 3 is 2.39 bits per heavy atom. The van der Waals surface area contributed by atoms with Gasteiger partial charge in [0.15, 0.2) is 5.78 Å². The van der Waals surface area contributed by atoms with Gasteiger partial charge < -0.3 is 15.2 Å². The number of carbonyl (C=O) groups excluding carboxylic acids is 2. The maximum atomic E-state index is 11.8. The number of ether oxygens (including phenoxy) is 1. The molecule has 1 rings (SSSR count). The van der Waals surface area contributed by atoms with Crippen LogP contribution in [0.25, 0.3) is 0 Å². The van der Waals surface area contributed by atoms with E-state index in [9.17, 15) is 14.4 Å². The summed E-state index contributed by atoms with van der Waals surface area (Å²) in [6, 6.07) is -1.13. The Morgan fingerprint density at radius 2 is 1.87 bits per heavy atom. The lowest BCUT2D eigenvalue weighted by molar-refractivity contribution is -0.139. The van der Waals surface area contributed by atoms with E-state index >= 15 is 0 Å². The molecule has 0 aromatic heterocycles. The molecule has 1 saturated carbocycles. The van der Waals surface area contributed by atoms with E-state index in [1.54, 1.807) is 26.8 Å². The second kappa shape index (κ2) is 8.70. The van der Waals surface area contributed by atoms with Crippen LogP contribution in [-0.4, -0.2) is 34.6 Å². The Hall–Kier alpha value is -1.85. The molecule has 0 heterocycles. The zero-order valence-electron chi connectivity index (χ0n) is 14.1. The van der Waals surface area contributed by atoms with Crippen molar-refractivity contribution in [3.05, 3.63) is 12.2 Å². The molecule has 0 aliphatic heterocycles. The second-order valence-corrected chi connectivity index (χ2v) is 6.95. The van der Waals surface area contributed by atoms with Crippen LogP contribution in [0.3, 0.4) is 0 Å². The molecule has 6 heteroatoms. The normalized spacial score (nSPS) is 17.2. The lowest BCUT2D eigenvalue weighted by Gasteiger charge is -2.21. The molecule has 0 saturated heterocycles. The third-order valence-electron chi connectivity index (χ3n) is 3.62. The summed E-state index contributed by atoms with van der Waals surface area (Å²) in [5.41, 5.74) is -0.701. The largest absolute Gasteiger partial charge is 0.480 e. The number of allylic oxidation sites excluding steroid dienone is 2. The van der Waals surface area contributed by atoms with Gasteiger partial charge in [0.1, 0.15) is 11.6 Å². The lowest BCUT2D eigenvalue weighted by atomic mass is 10.0. The van der Waals surface area contributed by atoms with E-state index in [1.807, 2.05) is 6.08 Å². The smallest absolute Gasteiger partial charge is 0.408 e. The molecule has 6 nitrogen and oxygen atoms in total. The predicted octanol–water partition coefficient (Wildman–Crippen LogP) is 3.06. The van der Waals surface area contributed by atoms with E-state index in [0.29, 0.717) is 5.92 Å². The number of nitrogens with one attached hydrogen (secondary N) is 1. The first-order chi connectivity index (χ1) is 10.7. The molecule has 1 atom stereocenters. The van der Waals surface area contributed by atoms with Crippen LogP contribution < -0.4 is 5.32 Å². The molecule has 1 fully saturated rings. The number of alkyl carbamates (subject to hydrolysis) is 1. The van der Waals surface area contributed by atoms with E-state index in [4.69, 9.17) is 9.84 Å². The van der Waals surface area contributed by atoms with E-state index in [1.165, 1.54) is 12.8 Å². The Kier molecular flexibility index (Phi) is 7.26. The quantitative estimate of drug-likeness (QED) is 0.702. The van der Waals surface area contributed by atoms with Crippen molar-refractivity contribution in [2.24, 2.45) is 5.92 Å². The average molecular weight is 325 g/mol. The van der Waals surface area contributed by atoms with E-state index < -0.39 is 23.7 Å². The number of hydrogen-bond acceptors (Lipinski definition) is 4. The van der Waals surface area contributed by atoms with Crippen molar-refractivity contribution in [3.8, 4) is 0 Å². The minimum absolute atomic E-state index is 0.0441. The molecular formula is C17H27NO5. The Bertz CT molecular complexity index is 458. The number of carboxylic acid groups (broad SMARTS) is 1. The monoisotopic (exact) mass is 325 g/mol. The van der Waals surface area contributed by atoms with E-state index in [2.05, 4.69) is 5.32 Å². The number of ketones is 1. The molecule has 0 aromatic rings. The summed E-state index contributed by atoms with van der Waals surface area (Å²) in [4.78, 5) is 34.6. The van der Waals surface area contributed by atoms with Gasteiger partial charge in [0.2, 0.25) is 0 Å². The maximum Gasteiger partial charge on any atom is 0.408 e. The van der Waals surface area contributed by atoms with Gasteiger partial charge in [0.25, 0.3) is 0 Å². The van der Waals surface area contributed by atoms with Crippen LogP contribution in [0.4, 0.5) is 4.79 Å². The highest BCUT2D eigenvalue weighted by molar-refractivity contribution is 5.90. The van der Waals surface area contributed by atoms with Crippen molar-refractivity contribution in [2.75, 3.05) is 0 Å². The van der Waals surface area contributed by atoms with Crippen LogP contribution in [-0.2, 0) is 14.3 Å². The Balaban J connectivity index is 2.41. The summed E-state index contributed by atoms with van der Waals surface area (Å²) in [6.07, 6.45) is 7.42. The van der Waals surface area contributed by atoms with Gasteiger partial charge in [-0.3, -0.25) is 4.79 Å². The minimum atomic E-state index is -1.18. The second-order valence-electron chi connectivity index (χ2n) is 6.95. The Labute approximate surface area is 137 Å². The molecule has 0 spiro atoms. The summed E-state index contributed by atoms with van der Waals surface area (Å²) < 4.78 is 5.03. The minimum Gasteiger partial charge on any atom is -0.480 e. The molecule has 1 aliphatic rings. The maximum absolute atomic E-state index is 11.8. The fourth-order valence-electron chi connectivity index (χ4n) is 2.47.